The maximum absolute atomic E-state index is 13.3. The number of aromatic nitrogens is 4. The molecule has 0 aliphatic carbocycles. The van der Waals surface area contributed by atoms with Crippen LogP contribution >= 0.6 is 15.9 Å². The van der Waals surface area contributed by atoms with Gasteiger partial charge in [-0.3, -0.25) is 18.6 Å². The Morgan fingerprint density at radius 3 is 2.39 bits per heavy atom. The Balaban J connectivity index is 1.16. The Labute approximate surface area is 263 Å². The quantitative estimate of drug-likeness (QED) is 0.274. The van der Waals surface area contributed by atoms with Gasteiger partial charge in [-0.25, -0.2) is 13.2 Å². The molecule has 234 valence electrons. The molecule has 1 fully saturated rings. The van der Waals surface area contributed by atoms with E-state index < -0.39 is 22.1 Å². The molecule has 0 radical (unpaired) electrons. The Morgan fingerprint density at radius 2 is 1.73 bits per heavy atom. The Morgan fingerprint density at radius 1 is 1.05 bits per heavy atom. The van der Waals surface area contributed by atoms with Gasteiger partial charge in [-0.05, 0) is 37.1 Å². The lowest BCUT2D eigenvalue weighted by molar-refractivity contribution is -0.137. The molecule has 2 aliphatic rings. The molecule has 14 heteroatoms. The number of β-amino-alcohol motifs (C(OH)–C–C–N with tert-alkyl or cyclic N) is 1. The zero-order chi connectivity index (χ0) is 31.2. The summed E-state index contributed by atoms with van der Waals surface area (Å²) in [6.45, 7) is 2.29. The van der Waals surface area contributed by atoms with Crippen molar-refractivity contribution < 1.29 is 23.4 Å². The predicted octanol–water partition coefficient (Wildman–Crippen LogP) is 2.53. The highest BCUT2D eigenvalue weighted by Gasteiger charge is 2.31. The fraction of sp³-hybridized carbons (Fsp3) is 0.433. The van der Waals surface area contributed by atoms with Gasteiger partial charge in [0.2, 0.25) is 10.0 Å². The van der Waals surface area contributed by atoms with Crippen LogP contribution in [0.2, 0.25) is 0 Å². The summed E-state index contributed by atoms with van der Waals surface area (Å²) in [7, 11) is -3.37. The highest BCUT2D eigenvalue weighted by Crippen LogP contribution is 2.32. The number of carboxylic acids is 1. The number of halogens is 1. The van der Waals surface area contributed by atoms with Crippen molar-refractivity contribution >= 4 is 43.0 Å². The molecule has 2 N–H and O–H groups in total. The minimum Gasteiger partial charge on any atom is -0.480 e. The molecule has 2 aliphatic heterocycles. The number of aliphatic hydroxyl groups is 1. The molecule has 4 aromatic rings. The molecule has 2 aromatic heterocycles. The molecule has 0 bridgehead atoms. The molecule has 1 saturated heterocycles. The monoisotopic (exact) mass is 686 g/mol. The third-order valence-electron chi connectivity index (χ3n) is 8.62. The molecule has 12 nitrogen and oxygen atoms in total. The molecule has 0 amide bonds. The average Bonchev–Trinajstić information content (AvgIpc) is 3.47. The number of fused-ring (bicyclic) bond motifs is 2. The molecular formula is C30H35BrN6O6S. The normalized spacial score (nSPS) is 17.6. The number of para-hydroxylation sites is 2. The number of sulfonamides is 1. The van der Waals surface area contributed by atoms with Crippen molar-refractivity contribution in [1.29, 1.82) is 0 Å². The molecule has 44 heavy (non-hydrogen) atoms. The highest BCUT2D eigenvalue weighted by atomic mass is 79.9. The zero-order valence-corrected chi connectivity index (χ0v) is 26.7. The van der Waals surface area contributed by atoms with Gasteiger partial charge in [0.05, 0.1) is 35.6 Å². The largest absolute Gasteiger partial charge is 0.480 e. The maximum Gasteiger partial charge on any atom is 0.329 e. The van der Waals surface area contributed by atoms with Crippen LogP contribution in [0, 0.1) is 0 Å². The lowest BCUT2D eigenvalue weighted by atomic mass is 10.0. The summed E-state index contributed by atoms with van der Waals surface area (Å²) in [5.74, 6) is -1.06. The van der Waals surface area contributed by atoms with E-state index in [1.165, 1.54) is 15.1 Å². The Bertz CT molecular complexity index is 1860. The highest BCUT2D eigenvalue weighted by molar-refractivity contribution is 9.10. The number of hydrogen-bond acceptors (Lipinski definition) is 7. The van der Waals surface area contributed by atoms with Gasteiger partial charge >= 0.3 is 11.7 Å². The van der Waals surface area contributed by atoms with Crippen LogP contribution < -0.4 is 5.69 Å². The topological polar surface area (TPSA) is 143 Å². The standard InChI is InChI=1S/C30H35BrN6O6S/c1-44(42,43)34-15-12-25-24(18-34)29(20-6-8-21(31)9-7-20)32-36(25)17-23(38)16-33-13-10-22(11-14-33)37-27-5-3-2-4-26(27)35(30(37)41)19-28(39)40/h2-9,22-23,38H,10-19H2,1H3,(H,39,40). The van der Waals surface area contributed by atoms with Crippen molar-refractivity contribution in [2.75, 3.05) is 32.4 Å². The smallest absolute Gasteiger partial charge is 0.329 e. The van der Waals surface area contributed by atoms with Gasteiger partial charge in [0.15, 0.2) is 0 Å². The molecular weight excluding hydrogens is 652 g/mol. The number of aliphatic carboxylic acids is 1. The first kappa shape index (κ1) is 30.7. The van der Waals surface area contributed by atoms with Gasteiger partial charge in [-0.15, -0.1) is 0 Å². The van der Waals surface area contributed by atoms with E-state index in [4.69, 9.17) is 5.10 Å². The van der Waals surface area contributed by atoms with Crippen LogP contribution in [0.3, 0.4) is 0 Å². The SMILES string of the molecule is CS(=O)(=O)N1CCc2c(c(-c3ccc(Br)cc3)nn2CC(O)CN2CCC(n3c(=O)n(CC(=O)O)c4ccccc43)CC2)C1. The zero-order valence-electron chi connectivity index (χ0n) is 24.3. The van der Waals surface area contributed by atoms with Gasteiger partial charge in [0.25, 0.3) is 0 Å². The summed E-state index contributed by atoms with van der Waals surface area (Å²) in [4.78, 5) is 26.9. The third kappa shape index (κ3) is 6.13. The van der Waals surface area contributed by atoms with Gasteiger partial charge in [-0.2, -0.15) is 9.40 Å². The minimum absolute atomic E-state index is 0.0692. The number of hydrogen-bond donors (Lipinski definition) is 2. The van der Waals surface area contributed by atoms with Crippen molar-refractivity contribution in [2.45, 2.75) is 51.0 Å². The average molecular weight is 688 g/mol. The van der Waals surface area contributed by atoms with E-state index in [1.54, 1.807) is 16.7 Å². The fourth-order valence-electron chi connectivity index (χ4n) is 6.53. The first-order valence-electron chi connectivity index (χ1n) is 14.6. The maximum atomic E-state index is 13.3. The Hall–Kier alpha value is -3.30. The molecule has 4 heterocycles. The van der Waals surface area contributed by atoms with Gasteiger partial charge < -0.3 is 15.1 Å². The minimum atomic E-state index is -3.37. The molecule has 0 spiro atoms. The second kappa shape index (κ2) is 12.2. The van der Waals surface area contributed by atoms with Crippen LogP contribution in [0.15, 0.2) is 57.8 Å². The van der Waals surface area contributed by atoms with E-state index in [1.807, 2.05) is 41.1 Å². The van der Waals surface area contributed by atoms with Crippen molar-refractivity contribution in [2.24, 2.45) is 0 Å². The number of aliphatic hydroxyl groups excluding tert-OH is 1. The van der Waals surface area contributed by atoms with Crippen LogP contribution in [0.4, 0.5) is 0 Å². The van der Waals surface area contributed by atoms with Crippen molar-refractivity contribution in [3.63, 3.8) is 0 Å². The van der Waals surface area contributed by atoms with Gasteiger partial charge in [-0.1, -0.05) is 40.2 Å². The molecule has 1 atom stereocenters. The molecule has 1 unspecified atom stereocenters. The Kier molecular flexibility index (Phi) is 8.54. The van der Waals surface area contributed by atoms with Gasteiger partial charge in [0.1, 0.15) is 6.54 Å². The van der Waals surface area contributed by atoms with Crippen LogP contribution in [-0.4, -0.2) is 91.3 Å². The number of likely N-dealkylation sites (tertiary alicyclic amines) is 1. The van der Waals surface area contributed by atoms with Gasteiger partial charge in [0, 0.05) is 66.5 Å². The van der Waals surface area contributed by atoms with Crippen LogP contribution in [0.1, 0.15) is 30.1 Å². The number of imidazole rings is 1. The van der Waals surface area contributed by atoms with E-state index in [9.17, 15) is 28.2 Å². The van der Waals surface area contributed by atoms with Crippen LogP contribution in [-0.2, 0) is 40.9 Å². The second-order valence-electron chi connectivity index (χ2n) is 11.6. The van der Waals surface area contributed by atoms with Crippen LogP contribution in [0.25, 0.3) is 22.3 Å². The summed E-state index contributed by atoms with van der Waals surface area (Å²) < 4.78 is 32.0. The van der Waals surface area contributed by atoms with Crippen molar-refractivity contribution in [1.82, 2.24) is 28.1 Å². The lowest BCUT2D eigenvalue weighted by Gasteiger charge is -2.33. The summed E-state index contributed by atoms with van der Waals surface area (Å²) in [6, 6.07) is 15.0. The third-order valence-corrected chi connectivity index (χ3v) is 10.4. The van der Waals surface area contributed by atoms with E-state index >= 15 is 0 Å². The fourth-order valence-corrected chi connectivity index (χ4v) is 7.58. The summed E-state index contributed by atoms with van der Waals surface area (Å²) >= 11 is 3.46. The van der Waals surface area contributed by atoms with E-state index in [2.05, 4.69) is 20.8 Å². The summed E-state index contributed by atoms with van der Waals surface area (Å²) in [5, 5.41) is 25.4. The number of carbonyl (C=O) groups is 1. The molecule has 6 rings (SSSR count). The number of rotatable bonds is 9. The first-order chi connectivity index (χ1) is 21.0. The number of carboxylic acid groups (broad SMARTS) is 1. The van der Waals surface area contributed by atoms with E-state index in [0.29, 0.717) is 51.0 Å². The van der Waals surface area contributed by atoms with Crippen molar-refractivity contribution in [3.05, 3.63) is 74.7 Å². The summed E-state index contributed by atoms with van der Waals surface area (Å²) in [5.41, 5.74) is 4.45. The molecule has 2 aromatic carbocycles. The first-order valence-corrected chi connectivity index (χ1v) is 17.3. The van der Waals surface area contributed by atoms with E-state index in [0.717, 1.165) is 32.5 Å². The second-order valence-corrected chi connectivity index (χ2v) is 14.5. The lowest BCUT2D eigenvalue weighted by Crippen LogP contribution is -2.42. The number of benzene rings is 2. The predicted molar refractivity (Wildman–Crippen MR) is 169 cm³/mol. The number of nitrogens with zero attached hydrogens (tertiary/aromatic N) is 6. The molecule has 0 saturated carbocycles. The van der Waals surface area contributed by atoms with E-state index in [-0.39, 0.29) is 31.4 Å². The number of piperidine rings is 1. The van der Waals surface area contributed by atoms with Crippen LogP contribution in [0.5, 0.6) is 0 Å². The van der Waals surface area contributed by atoms with Crippen molar-refractivity contribution in [3.8, 4) is 11.3 Å². The summed E-state index contributed by atoms with van der Waals surface area (Å²) in [6.07, 6.45) is 2.41.